The highest BCUT2D eigenvalue weighted by Crippen LogP contribution is 2.34. The van der Waals surface area contributed by atoms with Gasteiger partial charge in [0, 0.05) is 17.3 Å². The molecule has 0 aromatic heterocycles. The van der Waals surface area contributed by atoms with Crippen molar-refractivity contribution in [3.05, 3.63) is 60.2 Å². The molecule has 1 aliphatic rings. The minimum Gasteiger partial charge on any atom is -0.493 e. The smallest absolute Gasteiger partial charge is 0.259 e. The van der Waals surface area contributed by atoms with Crippen LogP contribution in [0.1, 0.15) is 12.5 Å². The minimum absolute atomic E-state index is 0.0742. The van der Waals surface area contributed by atoms with E-state index in [9.17, 15) is 4.79 Å². The number of nitrogens with one attached hydrogen (secondary N) is 2. The van der Waals surface area contributed by atoms with Crippen molar-refractivity contribution in [2.45, 2.75) is 6.92 Å². The normalized spacial score (nSPS) is 12.3. The van der Waals surface area contributed by atoms with E-state index in [0.29, 0.717) is 18.1 Å². The van der Waals surface area contributed by atoms with Crippen molar-refractivity contribution < 1.29 is 19.0 Å². The molecule has 3 aromatic rings. The molecule has 0 fully saturated rings. The standard InChI is InChI=1S/C22H21N3O4/c1-2-27-19-9-7-15-5-3-4-6-17(15)18(19)12-24-25-22(26)13-23-16-8-10-20-21(11-16)29-14-28-20/h3-12,23H,2,13-14H2,1H3,(H,25,26)/b24-12-. The van der Waals surface area contributed by atoms with Crippen LogP contribution >= 0.6 is 0 Å². The number of ether oxygens (including phenoxy) is 3. The van der Waals surface area contributed by atoms with Gasteiger partial charge in [-0.25, -0.2) is 5.43 Å². The second-order valence-electron chi connectivity index (χ2n) is 6.35. The van der Waals surface area contributed by atoms with E-state index in [1.54, 1.807) is 18.3 Å². The second kappa shape index (κ2) is 8.52. The summed E-state index contributed by atoms with van der Waals surface area (Å²) in [6.07, 6.45) is 1.62. The molecular weight excluding hydrogens is 370 g/mol. The average Bonchev–Trinajstić information content (AvgIpc) is 3.21. The largest absolute Gasteiger partial charge is 0.493 e. The van der Waals surface area contributed by atoms with Crippen LogP contribution < -0.4 is 25.0 Å². The number of amides is 1. The molecule has 2 N–H and O–H groups in total. The molecule has 0 spiro atoms. The van der Waals surface area contributed by atoms with Crippen LogP contribution in [0.3, 0.4) is 0 Å². The number of anilines is 1. The van der Waals surface area contributed by atoms with E-state index >= 15 is 0 Å². The predicted molar refractivity (Wildman–Crippen MR) is 112 cm³/mol. The minimum atomic E-state index is -0.267. The number of benzene rings is 3. The molecule has 4 rings (SSSR count). The van der Waals surface area contributed by atoms with E-state index in [2.05, 4.69) is 15.8 Å². The molecule has 7 nitrogen and oxygen atoms in total. The monoisotopic (exact) mass is 391 g/mol. The van der Waals surface area contributed by atoms with E-state index in [4.69, 9.17) is 14.2 Å². The Morgan fingerprint density at radius 1 is 1.14 bits per heavy atom. The van der Waals surface area contributed by atoms with Gasteiger partial charge >= 0.3 is 0 Å². The summed E-state index contributed by atoms with van der Waals surface area (Å²) >= 11 is 0. The Morgan fingerprint density at radius 3 is 2.90 bits per heavy atom. The Labute approximate surface area is 168 Å². The van der Waals surface area contributed by atoms with Gasteiger partial charge in [0.2, 0.25) is 6.79 Å². The van der Waals surface area contributed by atoms with Crippen molar-refractivity contribution in [3.63, 3.8) is 0 Å². The van der Waals surface area contributed by atoms with E-state index in [-0.39, 0.29) is 19.2 Å². The lowest BCUT2D eigenvalue weighted by atomic mass is 10.0. The van der Waals surface area contributed by atoms with Crippen LogP contribution in [0.2, 0.25) is 0 Å². The first kappa shape index (κ1) is 18.6. The van der Waals surface area contributed by atoms with Crippen LogP contribution in [0, 0.1) is 0 Å². The van der Waals surface area contributed by atoms with Crippen molar-refractivity contribution in [1.29, 1.82) is 0 Å². The lowest BCUT2D eigenvalue weighted by Crippen LogP contribution is -2.25. The highest BCUT2D eigenvalue weighted by atomic mass is 16.7. The van der Waals surface area contributed by atoms with Gasteiger partial charge in [0.05, 0.1) is 19.4 Å². The molecule has 3 aromatic carbocycles. The molecule has 0 bridgehead atoms. The number of fused-ring (bicyclic) bond motifs is 2. The number of hydrogen-bond donors (Lipinski definition) is 2. The molecule has 1 aliphatic heterocycles. The van der Waals surface area contributed by atoms with E-state index in [1.807, 2.05) is 49.4 Å². The third-order valence-electron chi connectivity index (χ3n) is 4.44. The fourth-order valence-corrected chi connectivity index (χ4v) is 3.09. The Morgan fingerprint density at radius 2 is 2.00 bits per heavy atom. The van der Waals surface area contributed by atoms with Gasteiger partial charge in [0.25, 0.3) is 5.91 Å². The Balaban J connectivity index is 1.40. The summed E-state index contributed by atoms with van der Waals surface area (Å²) in [5.74, 6) is 1.82. The number of carbonyl (C=O) groups excluding carboxylic acids is 1. The van der Waals surface area contributed by atoms with Crippen molar-refractivity contribution in [2.75, 3.05) is 25.3 Å². The van der Waals surface area contributed by atoms with Crippen LogP contribution in [0.4, 0.5) is 5.69 Å². The van der Waals surface area contributed by atoms with Crippen LogP contribution in [0.5, 0.6) is 17.2 Å². The van der Waals surface area contributed by atoms with Gasteiger partial charge in [-0.15, -0.1) is 0 Å². The number of hydrazone groups is 1. The molecule has 0 saturated heterocycles. The fraction of sp³-hybridized carbons (Fsp3) is 0.182. The molecule has 7 heteroatoms. The maximum absolute atomic E-state index is 12.1. The molecule has 0 unspecified atom stereocenters. The Bertz CT molecular complexity index is 1070. The summed E-state index contributed by atoms with van der Waals surface area (Å²) in [7, 11) is 0. The molecule has 0 radical (unpaired) electrons. The third-order valence-corrected chi connectivity index (χ3v) is 4.44. The fourth-order valence-electron chi connectivity index (χ4n) is 3.09. The highest BCUT2D eigenvalue weighted by Gasteiger charge is 2.13. The van der Waals surface area contributed by atoms with Crippen molar-refractivity contribution in [2.24, 2.45) is 5.10 Å². The van der Waals surface area contributed by atoms with Crippen LogP contribution in [-0.2, 0) is 4.79 Å². The molecule has 0 saturated carbocycles. The lowest BCUT2D eigenvalue weighted by molar-refractivity contribution is -0.119. The summed E-state index contributed by atoms with van der Waals surface area (Å²) < 4.78 is 16.3. The van der Waals surface area contributed by atoms with Gasteiger partial charge in [-0.1, -0.05) is 30.3 Å². The van der Waals surface area contributed by atoms with Crippen molar-refractivity contribution in [3.8, 4) is 17.2 Å². The summed E-state index contributed by atoms with van der Waals surface area (Å²) in [6, 6.07) is 17.3. The number of hydrogen-bond acceptors (Lipinski definition) is 6. The maximum Gasteiger partial charge on any atom is 0.259 e. The average molecular weight is 391 g/mol. The zero-order valence-electron chi connectivity index (χ0n) is 16.0. The first-order valence-corrected chi connectivity index (χ1v) is 9.34. The molecule has 1 amide bonds. The lowest BCUT2D eigenvalue weighted by Gasteiger charge is -2.10. The first-order valence-electron chi connectivity index (χ1n) is 9.34. The molecular formula is C22H21N3O4. The number of nitrogens with zero attached hydrogens (tertiary/aromatic N) is 1. The summed E-state index contributed by atoms with van der Waals surface area (Å²) in [6.45, 7) is 2.77. The quantitative estimate of drug-likeness (QED) is 0.476. The molecule has 148 valence electrons. The second-order valence-corrected chi connectivity index (χ2v) is 6.35. The summed E-state index contributed by atoms with van der Waals surface area (Å²) in [4.78, 5) is 12.1. The summed E-state index contributed by atoms with van der Waals surface area (Å²) in [5, 5.41) is 9.24. The SMILES string of the molecule is CCOc1ccc2ccccc2c1/C=N\NC(=O)CNc1ccc2c(c1)OCO2. The van der Waals surface area contributed by atoms with Crippen LogP contribution in [-0.4, -0.2) is 32.1 Å². The van der Waals surface area contributed by atoms with Gasteiger partial charge in [-0.3, -0.25) is 4.79 Å². The van der Waals surface area contributed by atoms with Gasteiger partial charge in [-0.05, 0) is 35.9 Å². The molecule has 0 aliphatic carbocycles. The zero-order valence-corrected chi connectivity index (χ0v) is 16.0. The van der Waals surface area contributed by atoms with Gasteiger partial charge in [0.1, 0.15) is 5.75 Å². The molecule has 29 heavy (non-hydrogen) atoms. The number of carbonyl (C=O) groups is 1. The van der Waals surface area contributed by atoms with Crippen molar-refractivity contribution in [1.82, 2.24) is 5.43 Å². The third kappa shape index (κ3) is 4.24. The predicted octanol–water partition coefficient (Wildman–Crippen LogP) is 3.53. The highest BCUT2D eigenvalue weighted by molar-refractivity contribution is 6.02. The summed E-state index contributed by atoms with van der Waals surface area (Å²) in [5.41, 5.74) is 4.14. The molecule has 0 atom stereocenters. The van der Waals surface area contributed by atoms with E-state index < -0.39 is 0 Å². The van der Waals surface area contributed by atoms with Crippen LogP contribution in [0.25, 0.3) is 10.8 Å². The Kier molecular flexibility index (Phi) is 5.47. The van der Waals surface area contributed by atoms with E-state index in [1.165, 1.54) is 0 Å². The van der Waals surface area contributed by atoms with Gasteiger partial charge in [-0.2, -0.15) is 5.10 Å². The Hall–Kier alpha value is -3.74. The van der Waals surface area contributed by atoms with Crippen molar-refractivity contribution >= 4 is 28.6 Å². The van der Waals surface area contributed by atoms with E-state index in [0.717, 1.165) is 27.8 Å². The molecule has 1 heterocycles. The topological polar surface area (TPSA) is 81.2 Å². The zero-order chi connectivity index (χ0) is 20.1. The van der Waals surface area contributed by atoms with Crippen LogP contribution in [0.15, 0.2) is 59.7 Å². The van der Waals surface area contributed by atoms with Gasteiger partial charge < -0.3 is 19.5 Å². The first-order chi connectivity index (χ1) is 14.2. The van der Waals surface area contributed by atoms with Gasteiger partial charge in [0.15, 0.2) is 11.5 Å². The number of rotatable bonds is 7. The maximum atomic E-state index is 12.1.